The number of hydrogen-bond donors (Lipinski definition) is 2. The SMILES string of the molecule is COc1cc(N2CCC(CCN3CCN(c4ccc5c(c4)C(=O)N(C4CCC(=O)NC4=O)C5=O)CC3)CC2)c(F)cc1N. The summed E-state index contributed by atoms with van der Waals surface area (Å²) in [5.74, 6) is -1.22. The Hall–Kier alpha value is -4.19. The van der Waals surface area contributed by atoms with Gasteiger partial charge in [0.15, 0.2) is 0 Å². The zero-order chi connectivity index (χ0) is 30.2. The number of piperazine rings is 1. The van der Waals surface area contributed by atoms with E-state index in [4.69, 9.17) is 10.5 Å². The predicted octanol–water partition coefficient (Wildman–Crippen LogP) is 2.25. The van der Waals surface area contributed by atoms with E-state index in [0.29, 0.717) is 34.2 Å². The molecule has 4 amide bonds. The van der Waals surface area contributed by atoms with E-state index in [1.807, 2.05) is 6.07 Å². The number of halogens is 1. The molecule has 3 fully saturated rings. The molecule has 3 saturated heterocycles. The Bertz CT molecular complexity index is 1450. The van der Waals surface area contributed by atoms with Crippen LogP contribution in [-0.2, 0) is 9.59 Å². The molecule has 12 heteroatoms. The molecule has 4 heterocycles. The first kappa shape index (κ1) is 28.9. The van der Waals surface area contributed by atoms with Crippen molar-refractivity contribution in [1.29, 1.82) is 0 Å². The Morgan fingerprint density at radius 3 is 2.33 bits per heavy atom. The third-order valence-corrected chi connectivity index (χ3v) is 9.27. The Kier molecular flexibility index (Phi) is 7.95. The maximum atomic E-state index is 14.6. The average molecular weight is 593 g/mol. The first-order valence-corrected chi connectivity index (χ1v) is 14.9. The van der Waals surface area contributed by atoms with Gasteiger partial charge in [-0.1, -0.05) is 0 Å². The molecule has 0 radical (unpaired) electrons. The summed E-state index contributed by atoms with van der Waals surface area (Å²) in [6.45, 7) is 5.97. The molecule has 6 rings (SSSR count). The van der Waals surface area contributed by atoms with Crippen LogP contribution in [0.4, 0.5) is 21.5 Å². The van der Waals surface area contributed by atoms with Crippen LogP contribution < -0.4 is 25.6 Å². The number of nitrogens with one attached hydrogen (secondary N) is 1. The molecule has 1 unspecified atom stereocenters. The van der Waals surface area contributed by atoms with Crippen LogP contribution in [-0.4, -0.2) is 92.4 Å². The van der Waals surface area contributed by atoms with Crippen molar-refractivity contribution in [2.45, 2.75) is 38.1 Å². The molecule has 4 aliphatic heterocycles. The lowest BCUT2D eigenvalue weighted by atomic mass is 9.93. The number of anilines is 3. The van der Waals surface area contributed by atoms with Crippen LogP contribution in [0.25, 0.3) is 0 Å². The summed E-state index contributed by atoms with van der Waals surface area (Å²) in [6.07, 6.45) is 3.33. The number of nitrogen functional groups attached to an aromatic ring is 1. The van der Waals surface area contributed by atoms with Crippen LogP contribution in [0.2, 0.25) is 0 Å². The molecular formula is C31H37FN6O5. The van der Waals surface area contributed by atoms with Gasteiger partial charge in [0.2, 0.25) is 11.8 Å². The topological polar surface area (TPSA) is 129 Å². The predicted molar refractivity (Wildman–Crippen MR) is 159 cm³/mol. The maximum Gasteiger partial charge on any atom is 0.262 e. The summed E-state index contributed by atoms with van der Waals surface area (Å²) in [6, 6.07) is 7.34. The minimum absolute atomic E-state index is 0.0950. The third kappa shape index (κ3) is 5.63. The number of methoxy groups -OCH3 is 1. The second-order valence-corrected chi connectivity index (χ2v) is 11.8. The van der Waals surface area contributed by atoms with Gasteiger partial charge in [0.25, 0.3) is 11.8 Å². The number of fused-ring (bicyclic) bond motifs is 1. The van der Waals surface area contributed by atoms with E-state index < -0.39 is 29.7 Å². The minimum atomic E-state index is -0.966. The fourth-order valence-corrected chi connectivity index (χ4v) is 6.69. The molecular weight excluding hydrogens is 555 g/mol. The lowest BCUT2D eigenvalue weighted by Gasteiger charge is -2.38. The Morgan fingerprint density at radius 1 is 0.907 bits per heavy atom. The number of nitrogens with two attached hydrogens (primary N) is 1. The molecule has 228 valence electrons. The van der Waals surface area contributed by atoms with Gasteiger partial charge >= 0.3 is 0 Å². The zero-order valence-electron chi connectivity index (χ0n) is 24.3. The number of imide groups is 2. The Morgan fingerprint density at radius 2 is 1.63 bits per heavy atom. The monoisotopic (exact) mass is 592 g/mol. The Balaban J connectivity index is 0.988. The van der Waals surface area contributed by atoms with Gasteiger partial charge in [0.05, 0.1) is 29.6 Å². The molecule has 2 aromatic rings. The van der Waals surface area contributed by atoms with Gasteiger partial charge in [-0.05, 0) is 56.3 Å². The summed E-state index contributed by atoms with van der Waals surface area (Å²) in [4.78, 5) is 57.8. The van der Waals surface area contributed by atoms with E-state index in [-0.39, 0.29) is 18.7 Å². The third-order valence-electron chi connectivity index (χ3n) is 9.27. The molecule has 11 nitrogen and oxygen atoms in total. The second kappa shape index (κ2) is 11.8. The van der Waals surface area contributed by atoms with Crippen molar-refractivity contribution in [1.82, 2.24) is 15.1 Å². The molecule has 0 bridgehead atoms. The first-order valence-electron chi connectivity index (χ1n) is 14.9. The van der Waals surface area contributed by atoms with E-state index in [2.05, 4.69) is 20.0 Å². The highest BCUT2D eigenvalue weighted by Gasteiger charge is 2.44. The van der Waals surface area contributed by atoms with E-state index in [1.54, 1.807) is 18.2 Å². The maximum absolute atomic E-state index is 14.6. The standard InChI is InChI=1S/C31H37FN6O5/c1-43-27-18-26(23(32)17-24(27)33)37-10-7-19(8-11-37)6-9-35-12-14-36(15-13-35)20-2-3-21-22(16-20)31(42)38(30(21)41)25-4-5-28(39)34-29(25)40/h2-3,16-19,25H,4-15,33H2,1H3,(H,34,39,40). The fraction of sp³-hybridized carbons (Fsp3) is 0.484. The van der Waals surface area contributed by atoms with Crippen LogP contribution in [0.1, 0.15) is 52.8 Å². The smallest absolute Gasteiger partial charge is 0.262 e. The van der Waals surface area contributed by atoms with E-state index in [1.165, 1.54) is 13.2 Å². The van der Waals surface area contributed by atoms with Crippen molar-refractivity contribution in [3.05, 3.63) is 47.3 Å². The largest absolute Gasteiger partial charge is 0.495 e. The quantitative estimate of drug-likeness (QED) is 0.368. The summed E-state index contributed by atoms with van der Waals surface area (Å²) >= 11 is 0. The van der Waals surface area contributed by atoms with Crippen LogP contribution >= 0.6 is 0 Å². The van der Waals surface area contributed by atoms with Gasteiger partial charge < -0.3 is 20.3 Å². The molecule has 0 spiro atoms. The number of benzene rings is 2. The number of carbonyl (C=O) groups excluding carboxylic acids is 4. The van der Waals surface area contributed by atoms with Crippen LogP contribution in [0.3, 0.4) is 0 Å². The molecule has 0 aromatic heterocycles. The molecule has 0 saturated carbocycles. The molecule has 4 aliphatic rings. The molecule has 3 N–H and O–H groups in total. The summed E-state index contributed by atoms with van der Waals surface area (Å²) < 4.78 is 19.8. The van der Waals surface area contributed by atoms with Crippen LogP contribution in [0.15, 0.2) is 30.3 Å². The van der Waals surface area contributed by atoms with Crippen molar-refractivity contribution < 1.29 is 28.3 Å². The Labute approximate surface area is 249 Å². The van der Waals surface area contributed by atoms with Crippen molar-refractivity contribution >= 4 is 40.7 Å². The molecule has 2 aromatic carbocycles. The molecule has 0 aliphatic carbocycles. The first-order chi connectivity index (χ1) is 20.7. The van der Waals surface area contributed by atoms with Gasteiger partial charge in [-0.3, -0.25) is 34.3 Å². The summed E-state index contributed by atoms with van der Waals surface area (Å²) in [5, 5.41) is 2.23. The zero-order valence-corrected chi connectivity index (χ0v) is 24.3. The van der Waals surface area contributed by atoms with Crippen LogP contribution in [0, 0.1) is 11.7 Å². The van der Waals surface area contributed by atoms with Gasteiger partial charge in [-0.15, -0.1) is 0 Å². The number of rotatable bonds is 7. The lowest BCUT2D eigenvalue weighted by molar-refractivity contribution is -0.136. The summed E-state index contributed by atoms with van der Waals surface area (Å²) in [5.41, 5.74) is 8.15. The van der Waals surface area contributed by atoms with Crippen molar-refractivity contribution in [2.24, 2.45) is 5.92 Å². The fourth-order valence-electron chi connectivity index (χ4n) is 6.69. The number of carbonyl (C=O) groups is 4. The molecule has 1 atom stereocenters. The van der Waals surface area contributed by atoms with E-state index in [0.717, 1.165) is 75.7 Å². The van der Waals surface area contributed by atoms with Gasteiger partial charge in [-0.2, -0.15) is 0 Å². The average Bonchev–Trinajstić information content (AvgIpc) is 3.25. The highest BCUT2D eigenvalue weighted by atomic mass is 19.1. The lowest BCUT2D eigenvalue weighted by Crippen LogP contribution is -2.54. The van der Waals surface area contributed by atoms with Crippen LogP contribution in [0.5, 0.6) is 5.75 Å². The van der Waals surface area contributed by atoms with E-state index in [9.17, 15) is 23.6 Å². The highest BCUT2D eigenvalue weighted by molar-refractivity contribution is 6.23. The van der Waals surface area contributed by atoms with Crippen molar-refractivity contribution in [3.8, 4) is 5.75 Å². The van der Waals surface area contributed by atoms with Crippen molar-refractivity contribution in [3.63, 3.8) is 0 Å². The van der Waals surface area contributed by atoms with Gasteiger partial charge in [0, 0.05) is 63.5 Å². The van der Waals surface area contributed by atoms with Gasteiger partial charge in [-0.25, -0.2) is 4.39 Å². The summed E-state index contributed by atoms with van der Waals surface area (Å²) in [7, 11) is 1.53. The van der Waals surface area contributed by atoms with Crippen molar-refractivity contribution in [2.75, 3.05) is 68.5 Å². The molecule has 43 heavy (non-hydrogen) atoms. The highest BCUT2D eigenvalue weighted by Crippen LogP contribution is 2.34. The second-order valence-electron chi connectivity index (χ2n) is 11.8. The number of piperidine rings is 2. The van der Waals surface area contributed by atoms with E-state index >= 15 is 0 Å². The number of ether oxygens (including phenoxy) is 1. The normalized spacial score (nSPS) is 21.8. The van der Waals surface area contributed by atoms with Gasteiger partial charge in [0.1, 0.15) is 17.6 Å². The number of amides is 4. The number of hydrogen-bond acceptors (Lipinski definition) is 9. The minimum Gasteiger partial charge on any atom is -0.495 e. The number of nitrogens with zero attached hydrogens (tertiary/aromatic N) is 4.